The number of nitrogens with two attached hydrogens (primary N) is 1. The van der Waals surface area contributed by atoms with E-state index in [0.717, 1.165) is 17.1 Å². The van der Waals surface area contributed by atoms with Gasteiger partial charge in [0.1, 0.15) is 0 Å². The minimum absolute atomic E-state index is 0.153. The van der Waals surface area contributed by atoms with Gasteiger partial charge in [0.25, 0.3) is 0 Å². The van der Waals surface area contributed by atoms with E-state index in [1.54, 1.807) is 22.7 Å². The molecule has 3 rings (SSSR count). The van der Waals surface area contributed by atoms with Gasteiger partial charge in [-0.15, -0.1) is 34.0 Å². The molecule has 1 unspecified atom stereocenters. The Labute approximate surface area is 117 Å². The lowest BCUT2D eigenvalue weighted by Gasteiger charge is -2.11. The number of hydrogen-bond acceptors (Lipinski definition) is 6. The van der Waals surface area contributed by atoms with E-state index in [-0.39, 0.29) is 6.04 Å². The molecule has 0 fully saturated rings. The molecule has 0 aliphatic carbocycles. The molecule has 3 N–H and O–H groups in total. The van der Waals surface area contributed by atoms with Crippen LogP contribution in [-0.4, -0.2) is 4.98 Å². The highest BCUT2D eigenvalue weighted by Gasteiger charge is 2.16. The topological polar surface area (TPSA) is 50.9 Å². The molecule has 0 radical (unpaired) electrons. The predicted molar refractivity (Wildman–Crippen MR) is 80.3 cm³/mol. The van der Waals surface area contributed by atoms with Gasteiger partial charge in [0, 0.05) is 31.8 Å². The number of nitrogens with one attached hydrogen (secondary N) is 1. The molecule has 3 heterocycles. The van der Waals surface area contributed by atoms with Crippen molar-refractivity contribution in [3.8, 4) is 0 Å². The number of nitrogens with zero attached hydrogens (tertiary/aromatic N) is 1. The second-order valence-corrected chi connectivity index (χ2v) is 7.11. The molecule has 0 aliphatic rings. The van der Waals surface area contributed by atoms with Crippen LogP contribution < -0.4 is 11.3 Å². The Kier molecular flexibility index (Phi) is 3.45. The van der Waals surface area contributed by atoms with Crippen molar-refractivity contribution in [2.45, 2.75) is 19.4 Å². The van der Waals surface area contributed by atoms with Gasteiger partial charge in [-0.1, -0.05) is 0 Å². The molecule has 18 heavy (non-hydrogen) atoms. The molecular formula is C12H13N3S3. The third-order valence-electron chi connectivity index (χ3n) is 2.75. The standard InChI is InChI=1S/C12H13N3S3/c1-7-6-17-12(14-7)4-8(15-13)10-5-11-9(18-10)2-3-16-11/h2-3,5-6,8,15H,4,13H2,1H3. The first-order valence-corrected chi connectivity index (χ1v) is 8.18. The molecule has 0 amide bonds. The maximum Gasteiger partial charge on any atom is 0.0947 e. The number of rotatable bonds is 4. The molecule has 3 aromatic heterocycles. The lowest BCUT2D eigenvalue weighted by Crippen LogP contribution is -2.28. The Morgan fingerprint density at radius 3 is 2.94 bits per heavy atom. The summed E-state index contributed by atoms with van der Waals surface area (Å²) in [6.45, 7) is 2.02. The van der Waals surface area contributed by atoms with Gasteiger partial charge < -0.3 is 0 Å². The Balaban J connectivity index is 1.85. The molecule has 0 saturated carbocycles. The molecule has 3 nitrogen and oxygen atoms in total. The number of thiazole rings is 1. The van der Waals surface area contributed by atoms with Crippen molar-refractivity contribution < 1.29 is 0 Å². The van der Waals surface area contributed by atoms with Gasteiger partial charge in [0.05, 0.1) is 11.0 Å². The van der Waals surface area contributed by atoms with Crippen LogP contribution >= 0.6 is 34.0 Å². The fraction of sp³-hybridized carbons (Fsp3) is 0.250. The molecule has 1 atom stereocenters. The van der Waals surface area contributed by atoms with Crippen LogP contribution in [-0.2, 0) is 6.42 Å². The Hall–Kier alpha value is -0.790. The van der Waals surface area contributed by atoms with E-state index < -0.39 is 0 Å². The SMILES string of the molecule is Cc1csc(CC(NN)c2cc3sccc3s2)n1. The number of fused-ring (bicyclic) bond motifs is 1. The van der Waals surface area contributed by atoms with Crippen molar-refractivity contribution in [2.75, 3.05) is 0 Å². The fourth-order valence-corrected chi connectivity index (χ4v) is 4.87. The van der Waals surface area contributed by atoms with Crippen LogP contribution in [0.1, 0.15) is 21.6 Å². The Morgan fingerprint density at radius 1 is 1.39 bits per heavy atom. The largest absolute Gasteiger partial charge is 0.271 e. The molecule has 0 aliphatic heterocycles. The van der Waals surface area contributed by atoms with Gasteiger partial charge >= 0.3 is 0 Å². The van der Waals surface area contributed by atoms with Crippen molar-refractivity contribution in [3.05, 3.63) is 38.5 Å². The summed E-state index contributed by atoms with van der Waals surface area (Å²) in [5, 5.41) is 5.34. The molecule has 94 valence electrons. The quantitative estimate of drug-likeness (QED) is 0.572. The summed E-state index contributed by atoms with van der Waals surface area (Å²) in [7, 11) is 0. The van der Waals surface area contributed by atoms with Crippen molar-refractivity contribution in [1.82, 2.24) is 10.4 Å². The van der Waals surface area contributed by atoms with E-state index in [0.29, 0.717) is 0 Å². The van der Waals surface area contributed by atoms with E-state index >= 15 is 0 Å². The van der Waals surface area contributed by atoms with E-state index in [2.05, 4.69) is 33.3 Å². The summed E-state index contributed by atoms with van der Waals surface area (Å²) in [5.41, 5.74) is 3.99. The van der Waals surface area contributed by atoms with E-state index in [1.807, 2.05) is 18.3 Å². The van der Waals surface area contributed by atoms with Crippen LogP contribution in [0.15, 0.2) is 22.9 Å². The van der Waals surface area contributed by atoms with Crippen LogP contribution in [0, 0.1) is 6.92 Å². The minimum atomic E-state index is 0.153. The normalized spacial score (nSPS) is 13.2. The van der Waals surface area contributed by atoms with Crippen LogP contribution in [0.3, 0.4) is 0 Å². The predicted octanol–water partition coefficient (Wildman–Crippen LogP) is 3.47. The van der Waals surface area contributed by atoms with Crippen LogP contribution in [0.5, 0.6) is 0 Å². The van der Waals surface area contributed by atoms with Crippen LogP contribution in [0.25, 0.3) is 9.40 Å². The third-order valence-corrected chi connectivity index (χ3v) is 5.94. The second-order valence-electron chi connectivity index (χ2n) is 4.10. The van der Waals surface area contributed by atoms with Gasteiger partial charge in [-0.05, 0) is 24.4 Å². The van der Waals surface area contributed by atoms with Gasteiger partial charge in [-0.3, -0.25) is 11.3 Å². The highest BCUT2D eigenvalue weighted by molar-refractivity contribution is 7.27. The smallest absolute Gasteiger partial charge is 0.0947 e. The maximum absolute atomic E-state index is 5.69. The van der Waals surface area contributed by atoms with Crippen LogP contribution in [0.2, 0.25) is 0 Å². The zero-order chi connectivity index (χ0) is 12.5. The fourth-order valence-electron chi connectivity index (χ4n) is 1.87. The van der Waals surface area contributed by atoms with Gasteiger partial charge in [-0.2, -0.15) is 0 Å². The summed E-state index contributed by atoms with van der Waals surface area (Å²) < 4.78 is 2.68. The molecule has 0 bridgehead atoms. The van der Waals surface area contributed by atoms with Gasteiger partial charge in [0.15, 0.2) is 0 Å². The van der Waals surface area contributed by atoms with Crippen LogP contribution in [0.4, 0.5) is 0 Å². The second kappa shape index (κ2) is 5.07. The van der Waals surface area contributed by atoms with Gasteiger partial charge in [-0.25, -0.2) is 4.98 Å². The first-order valence-electron chi connectivity index (χ1n) is 5.60. The number of hydrogen-bond donors (Lipinski definition) is 2. The van der Waals surface area contributed by atoms with E-state index in [1.165, 1.54) is 14.3 Å². The van der Waals surface area contributed by atoms with Crippen molar-refractivity contribution in [1.29, 1.82) is 0 Å². The maximum atomic E-state index is 5.69. The molecule has 6 heteroatoms. The molecule has 0 saturated heterocycles. The average molecular weight is 295 g/mol. The average Bonchev–Trinajstić information content (AvgIpc) is 3.00. The highest BCUT2D eigenvalue weighted by Crippen LogP contribution is 2.34. The summed E-state index contributed by atoms with van der Waals surface area (Å²) in [6, 6.07) is 4.55. The minimum Gasteiger partial charge on any atom is -0.271 e. The highest BCUT2D eigenvalue weighted by atomic mass is 32.1. The lowest BCUT2D eigenvalue weighted by atomic mass is 10.2. The number of thiophene rings is 2. The summed E-state index contributed by atoms with van der Waals surface area (Å²) in [6.07, 6.45) is 0.850. The first-order chi connectivity index (χ1) is 8.76. The molecule has 0 spiro atoms. The summed E-state index contributed by atoms with van der Waals surface area (Å²) in [5.74, 6) is 5.69. The Morgan fingerprint density at radius 2 is 2.28 bits per heavy atom. The van der Waals surface area contributed by atoms with Crippen molar-refractivity contribution >= 4 is 43.4 Å². The molecular weight excluding hydrogens is 282 g/mol. The monoisotopic (exact) mass is 295 g/mol. The summed E-state index contributed by atoms with van der Waals surface area (Å²) in [4.78, 5) is 5.78. The number of aromatic nitrogens is 1. The lowest BCUT2D eigenvalue weighted by molar-refractivity contribution is 0.559. The molecule has 0 aromatic carbocycles. The zero-order valence-corrected chi connectivity index (χ0v) is 12.3. The summed E-state index contributed by atoms with van der Waals surface area (Å²) >= 11 is 5.28. The molecule has 3 aromatic rings. The van der Waals surface area contributed by atoms with E-state index in [4.69, 9.17) is 5.84 Å². The number of hydrazine groups is 1. The van der Waals surface area contributed by atoms with E-state index in [9.17, 15) is 0 Å². The zero-order valence-electron chi connectivity index (χ0n) is 9.84. The Bertz CT molecular complexity index is 624. The first kappa shape index (κ1) is 12.3. The van der Waals surface area contributed by atoms with Gasteiger partial charge in [0.2, 0.25) is 0 Å². The van der Waals surface area contributed by atoms with Crippen molar-refractivity contribution in [2.24, 2.45) is 5.84 Å². The number of aryl methyl sites for hydroxylation is 1. The van der Waals surface area contributed by atoms with Crippen molar-refractivity contribution in [3.63, 3.8) is 0 Å². The third kappa shape index (κ3) is 2.34.